The van der Waals surface area contributed by atoms with Crippen molar-refractivity contribution in [1.82, 2.24) is 14.8 Å². The molecule has 0 atom stereocenters. The zero-order valence-electron chi connectivity index (χ0n) is 10.7. The standard InChI is InChI=1S/C13H15Cl2N3/c1-4-11-8(2)17-18(9(11)3)7-10-5-6-12(14)16-13(10)15/h5-6H,4,7H2,1-3H3. The molecule has 0 bridgehead atoms. The van der Waals surface area contributed by atoms with Crippen molar-refractivity contribution < 1.29 is 0 Å². The minimum absolute atomic E-state index is 0.409. The molecule has 5 heteroatoms. The number of rotatable bonds is 3. The number of nitrogens with zero attached hydrogens (tertiary/aromatic N) is 3. The highest BCUT2D eigenvalue weighted by molar-refractivity contribution is 6.32. The fourth-order valence-corrected chi connectivity index (χ4v) is 2.52. The van der Waals surface area contributed by atoms with Gasteiger partial charge in [0.15, 0.2) is 0 Å². The third-order valence-corrected chi connectivity index (χ3v) is 3.63. The zero-order valence-corrected chi connectivity index (χ0v) is 12.2. The van der Waals surface area contributed by atoms with Gasteiger partial charge in [0, 0.05) is 11.3 Å². The Kier molecular flexibility index (Phi) is 3.93. The molecule has 0 saturated carbocycles. The van der Waals surface area contributed by atoms with Crippen LogP contribution in [0, 0.1) is 13.8 Å². The van der Waals surface area contributed by atoms with Gasteiger partial charge in [0.05, 0.1) is 12.2 Å². The molecule has 0 fully saturated rings. The Morgan fingerprint density at radius 1 is 1.22 bits per heavy atom. The normalized spacial score (nSPS) is 10.9. The number of aromatic nitrogens is 3. The lowest BCUT2D eigenvalue weighted by atomic mass is 10.1. The third-order valence-electron chi connectivity index (χ3n) is 3.10. The van der Waals surface area contributed by atoms with Gasteiger partial charge >= 0.3 is 0 Å². The average Bonchev–Trinajstić information content (AvgIpc) is 2.58. The summed E-state index contributed by atoms with van der Waals surface area (Å²) < 4.78 is 1.96. The first-order chi connectivity index (χ1) is 8.52. The number of halogens is 2. The zero-order chi connectivity index (χ0) is 13.3. The molecule has 0 amide bonds. The maximum atomic E-state index is 6.08. The monoisotopic (exact) mass is 283 g/mol. The second kappa shape index (κ2) is 5.29. The molecule has 18 heavy (non-hydrogen) atoms. The van der Waals surface area contributed by atoms with Crippen molar-refractivity contribution in [3.05, 3.63) is 45.0 Å². The quantitative estimate of drug-likeness (QED) is 0.802. The molecule has 2 aromatic rings. The van der Waals surface area contributed by atoms with Gasteiger partial charge in [-0.1, -0.05) is 36.2 Å². The van der Waals surface area contributed by atoms with Gasteiger partial charge in [-0.3, -0.25) is 4.68 Å². The van der Waals surface area contributed by atoms with E-state index in [1.54, 1.807) is 6.07 Å². The van der Waals surface area contributed by atoms with E-state index in [9.17, 15) is 0 Å². The van der Waals surface area contributed by atoms with Crippen molar-refractivity contribution in [2.24, 2.45) is 0 Å². The van der Waals surface area contributed by atoms with E-state index in [2.05, 4.69) is 23.9 Å². The Balaban J connectivity index is 2.34. The van der Waals surface area contributed by atoms with Crippen LogP contribution in [0.3, 0.4) is 0 Å². The van der Waals surface area contributed by atoms with E-state index in [-0.39, 0.29) is 0 Å². The van der Waals surface area contributed by atoms with Crippen molar-refractivity contribution in [2.45, 2.75) is 33.7 Å². The van der Waals surface area contributed by atoms with Gasteiger partial charge in [-0.15, -0.1) is 0 Å². The maximum Gasteiger partial charge on any atom is 0.135 e. The molecular formula is C13H15Cl2N3. The summed E-state index contributed by atoms with van der Waals surface area (Å²) in [5.41, 5.74) is 4.48. The van der Waals surface area contributed by atoms with E-state index in [0.717, 1.165) is 17.7 Å². The second-order valence-corrected chi connectivity index (χ2v) is 4.99. The first-order valence-corrected chi connectivity index (χ1v) is 6.62. The van der Waals surface area contributed by atoms with E-state index in [4.69, 9.17) is 23.2 Å². The maximum absolute atomic E-state index is 6.08. The first kappa shape index (κ1) is 13.4. The Morgan fingerprint density at radius 3 is 2.50 bits per heavy atom. The van der Waals surface area contributed by atoms with Crippen LogP contribution in [0.5, 0.6) is 0 Å². The van der Waals surface area contributed by atoms with Crippen LogP contribution in [0.25, 0.3) is 0 Å². The van der Waals surface area contributed by atoms with Gasteiger partial charge in [0.1, 0.15) is 10.3 Å². The van der Waals surface area contributed by atoms with Crippen molar-refractivity contribution in [2.75, 3.05) is 0 Å². The number of aryl methyl sites for hydroxylation is 1. The van der Waals surface area contributed by atoms with E-state index < -0.39 is 0 Å². The van der Waals surface area contributed by atoms with E-state index in [0.29, 0.717) is 16.9 Å². The fraction of sp³-hybridized carbons (Fsp3) is 0.385. The fourth-order valence-electron chi connectivity index (χ4n) is 2.12. The summed E-state index contributed by atoms with van der Waals surface area (Å²) in [5, 5.41) is 5.38. The molecule has 0 unspecified atom stereocenters. The highest BCUT2D eigenvalue weighted by Gasteiger charge is 2.11. The molecule has 0 aliphatic carbocycles. The predicted molar refractivity (Wildman–Crippen MR) is 74.4 cm³/mol. The summed E-state index contributed by atoms with van der Waals surface area (Å²) in [5.74, 6) is 0. The molecule has 2 aromatic heterocycles. The third kappa shape index (κ3) is 2.52. The minimum atomic E-state index is 0.409. The Hall–Kier alpha value is -1.06. The lowest BCUT2D eigenvalue weighted by Gasteiger charge is -2.07. The Labute approximate surface area is 117 Å². The molecule has 0 spiro atoms. The van der Waals surface area contributed by atoms with Gasteiger partial charge < -0.3 is 0 Å². The van der Waals surface area contributed by atoms with Gasteiger partial charge in [0.25, 0.3) is 0 Å². The number of hydrogen-bond acceptors (Lipinski definition) is 2. The van der Waals surface area contributed by atoms with Crippen molar-refractivity contribution in [3.8, 4) is 0 Å². The molecule has 0 N–H and O–H groups in total. The lowest BCUT2D eigenvalue weighted by Crippen LogP contribution is -2.05. The van der Waals surface area contributed by atoms with Crippen LogP contribution in [-0.4, -0.2) is 14.8 Å². The minimum Gasteiger partial charge on any atom is -0.265 e. The molecule has 0 aliphatic heterocycles. The van der Waals surface area contributed by atoms with Crippen molar-refractivity contribution in [1.29, 1.82) is 0 Å². The van der Waals surface area contributed by atoms with Gasteiger partial charge in [-0.05, 0) is 31.9 Å². The number of pyridine rings is 1. The van der Waals surface area contributed by atoms with E-state index >= 15 is 0 Å². The molecule has 0 radical (unpaired) electrons. The van der Waals surface area contributed by atoms with Crippen LogP contribution >= 0.6 is 23.2 Å². The molecule has 0 aromatic carbocycles. The summed E-state index contributed by atoms with van der Waals surface area (Å²) in [7, 11) is 0. The van der Waals surface area contributed by atoms with Crippen LogP contribution < -0.4 is 0 Å². The van der Waals surface area contributed by atoms with Crippen molar-refractivity contribution >= 4 is 23.2 Å². The summed E-state index contributed by atoms with van der Waals surface area (Å²) in [4.78, 5) is 4.04. The highest BCUT2D eigenvalue weighted by Crippen LogP contribution is 2.20. The largest absolute Gasteiger partial charge is 0.265 e. The van der Waals surface area contributed by atoms with Crippen LogP contribution in [0.1, 0.15) is 29.4 Å². The van der Waals surface area contributed by atoms with E-state index in [1.165, 1.54) is 11.3 Å². The van der Waals surface area contributed by atoms with Gasteiger partial charge in [0.2, 0.25) is 0 Å². The lowest BCUT2D eigenvalue weighted by molar-refractivity contribution is 0.656. The predicted octanol–water partition coefficient (Wildman–Crippen LogP) is 3.81. The van der Waals surface area contributed by atoms with Crippen LogP contribution in [-0.2, 0) is 13.0 Å². The molecule has 96 valence electrons. The number of hydrogen-bond donors (Lipinski definition) is 0. The Morgan fingerprint density at radius 2 is 1.94 bits per heavy atom. The molecular weight excluding hydrogens is 269 g/mol. The van der Waals surface area contributed by atoms with Gasteiger partial charge in [-0.25, -0.2) is 4.98 Å². The summed E-state index contributed by atoms with van der Waals surface area (Å²) in [6, 6.07) is 3.63. The molecule has 3 nitrogen and oxygen atoms in total. The molecule has 0 aliphatic rings. The SMILES string of the molecule is CCc1c(C)nn(Cc2ccc(Cl)nc2Cl)c1C. The average molecular weight is 284 g/mol. The van der Waals surface area contributed by atoms with Crippen LogP contribution in [0.4, 0.5) is 0 Å². The molecule has 2 heterocycles. The van der Waals surface area contributed by atoms with Crippen LogP contribution in [0.2, 0.25) is 10.3 Å². The van der Waals surface area contributed by atoms with Crippen molar-refractivity contribution in [3.63, 3.8) is 0 Å². The summed E-state index contributed by atoms with van der Waals surface area (Å²) in [6.07, 6.45) is 0.990. The molecule has 2 rings (SSSR count). The van der Waals surface area contributed by atoms with Crippen LogP contribution in [0.15, 0.2) is 12.1 Å². The van der Waals surface area contributed by atoms with Gasteiger partial charge in [-0.2, -0.15) is 5.10 Å². The smallest absolute Gasteiger partial charge is 0.135 e. The second-order valence-electron chi connectivity index (χ2n) is 4.24. The summed E-state index contributed by atoms with van der Waals surface area (Å²) >= 11 is 11.9. The summed E-state index contributed by atoms with van der Waals surface area (Å²) in [6.45, 7) is 6.87. The Bertz CT molecular complexity index is 576. The first-order valence-electron chi connectivity index (χ1n) is 5.86. The topological polar surface area (TPSA) is 30.7 Å². The molecule has 0 saturated heterocycles. The highest BCUT2D eigenvalue weighted by atomic mass is 35.5. The van der Waals surface area contributed by atoms with E-state index in [1.807, 2.05) is 17.7 Å².